The van der Waals surface area contributed by atoms with Crippen molar-refractivity contribution >= 4 is 23.4 Å². The predicted molar refractivity (Wildman–Crippen MR) is 49.8 cm³/mol. The van der Waals surface area contributed by atoms with E-state index in [9.17, 15) is 0 Å². The predicted octanol–water partition coefficient (Wildman–Crippen LogP) is 2.00. The van der Waals surface area contributed by atoms with Gasteiger partial charge in [0.05, 0.1) is 0 Å². The molecule has 0 spiro atoms. The van der Waals surface area contributed by atoms with Gasteiger partial charge in [-0.3, -0.25) is 0 Å². The first-order valence-electron chi connectivity index (χ1n) is 3.50. The fraction of sp³-hybridized carbons (Fsp3) is 0. The Morgan fingerprint density at radius 2 is 2.00 bits per heavy atom. The first-order chi connectivity index (χ1) is 6.36. The van der Waals surface area contributed by atoms with E-state index in [0.717, 1.165) is 5.16 Å². The van der Waals surface area contributed by atoms with Gasteiger partial charge >= 0.3 is 0 Å². The maximum Gasteiger partial charge on any atom is 0.171 e. The molecule has 0 aliphatic rings. The summed E-state index contributed by atoms with van der Waals surface area (Å²) in [6, 6.07) is 0. The molecule has 13 heavy (non-hydrogen) atoms. The van der Waals surface area contributed by atoms with E-state index in [1.807, 2.05) is 0 Å². The Morgan fingerprint density at radius 3 is 2.69 bits per heavy atom. The van der Waals surface area contributed by atoms with Crippen molar-refractivity contribution in [2.45, 2.75) is 10.2 Å². The third-order valence-electron chi connectivity index (χ3n) is 1.29. The molecule has 0 aliphatic heterocycles. The highest BCUT2D eigenvalue weighted by Crippen LogP contribution is 2.26. The second-order valence-electron chi connectivity index (χ2n) is 2.15. The molecule has 0 aliphatic carbocycles. The number of H-pyrrole nitrogens is 1. The van der Waals surface area contributed by atoms with Gasteiger partial charge in [-0.15, -0.1) is 0 Å². The molecule has 1 N–H and O–H groups in total. The largest absolute Gasteiger partial charge is 0.339 e. The molecular weight excluding hydrogens is 208 g/mol. The number of imidazole rings is 1. The van der Waals surface area contributed by atoms with Gasteiger partial charge in [-0.1, -0.05) is 11.6 Å². The van der Waals surface area contributed by atoms with E-state index < -0.39 is 0 Å². The highest BCUT2D eigenvalue weighted by molar-refractivity contribution is 7.99. The zero-order chi connectivity index (χ0) is 9.10. The van der Waals surface area contributed by atoms with Gasteiger partial charge in [0.15, 0.2) is 10.3 Å². The Hall–Kier alpha value is -1.07. The average molecular weight is 213 g/mol. The lowest BCUT2D eigenvalue weighted by molar-refractivity contribution is 1.02. The lowest BCUT2D eigenvalue weighted by Gasteiger charge is -1.97. The molecule has 0 atom stereocenters. The normalized spacial score (nSPS) is 10.2. The molecule has 2 aromatic heterocycles. The number of nitrogens with one attached hydrogen (secondary N) is 1. The van der Waals surface area contributed by atoms with Gasteiger partial charge in [0.2, 0.25) is 0 Å². The topological polar surface area (TPSA) is 54.5 Å². The Balaban J connectivity index is 2.24. The highest BCUT2D eigenvalue weighted by Gasteiger charge is 2.05. The Labute approximate surface area is 83.8 Å². The van der Waals surface area contributed by atoms with Crippen LogP contribution in [0.4, 0.5) is 0 Å². The summed E-state index contributed by atoms with van der Waals surface area (Å²) >= 11 is 7.15. The third kappa shape index (κ3) is 1.99. The van der Waals surface area contributed by atoms with E-state index in [0.29, 0.717) is 10.2 Å². The van der Waals surface area contributed by atoms with E-state index in [4.69, 9.17) is 11.6 Å². The first-order valence-corrected chi connectivity index (χ1v) is 4.69. The van der Waals surface area contributed by atoms with Crippen LogP contribution in [0.3, 0.4) is 0 Å². The zero-order valence-corrected chi connectivity index (χ0v) is 8.01. The summed E-state index contributed by atoms with van der Waals surface area (Å²) in [4.78, 5) is 14.9. The molecule has 2 aromatic rings. The highest BCUT2D eigenvalue weighted by atomic mass is 35.5. The summed E-state index contributed by atoms with van der Waals surface area (Å²) in [5, 5.41) is 1.80. The van der Waals surface area contributed by atoms with E-state index in [-0.39, 0.29) is 0 Å². The summed E-state index contributed by atoms with van der Waals surface area (Å²) < 4.78 is 0. The van der Waals surface area contributed by atoms with Crippen LogP contribution in [0.5, 0.6) is 0 Å². The van der Waals surface area contributed by atoms with Gasteiger partial charge in [0, 0.05) is 24.8 Å². The zero-order valence-electron chi connectivity index (χ0n) is 6.44. The second-order valence-corrected chi connectivity index (χ2v) is 3.48. The van der Waals surface area contributed by atoms with E-state index in [1.54, 1.807) is 24.8 Å². The van der Waals surface area contributed by atoms with E-state index in [2.05, 4.69) is 19.9 Å². The molecule has 0 bridgehead atoms. The number of aromatic amines is 1. The lowest BCUT2D eigenvalue weighted by Crippen LogP contribution is -1.84. The molecule has 0 fully saturated rings. The third-order valence-corrected chi connectivity index (χ3v) is 2.59. The summed E-state index contributed by atoms with van der Waals surface area (Å²) in [5.74, 6) is 0. The Morgan fingerprint density at radius 1 is 1.15 bits per heavy atom. The number of nitrogens with zero attached hydrogens (tertiary/aromatic N) is 3. The lowest BCUT2D eigenvalue weighted by atomic mass is 10.8. The van der Waals surface area contributed by atoms with Crippen molar-refractivity contribution in [2.75, 3.05) is 0 Å². The minimum absolute atomic E-state index is 0.393. The standard InChI is InChI=1S/C7H5ClN4S/c8-5-6(10-2-1-9-5)13-7-11-3-4-12-7/h1-4H,(H,11,12). The molecule has 66 valence electrons. The van der Waals surface area contributed by atoms with Crippen LogP contribution in [-0.4, -0.2) is 19.9 Å². The van der Waals surface area contributed by atoms with Crippen molar-refractivity contribution in [3.05, 3.63) is 29.9 Å². The molecule has 0 aromatic carbocycles. The Kier molecular flexibility index (Phi) is 2.47. The average Bonchev–Trinajstić information content (AvgIpc) is 2.61. The number of hydrogen-bond donors (Lipinski definition) is 1. The van der Waals surface area contributed by atoms with Crippen LogP contribution in [0, 0.1) is 0 Å². The second kappa shape index (κ2) is 3.76. The summed E-state index contributed by atoms with van der Waals surface area (Å²) in [6.07, 6.45) is 6.56. The van der Waals surface area contributed by atoms with Crippen LogP contribution >= 0.6 is 23.4 Å². The molecule has 2 heterocycles. The number of hydrogen-bond acceptors (Lipinski definition) is 4. The van der Waals surface area contributed by atoms with Gasteiger partial charge < -0.3 is 4.98 Å². The maximum absolute atomic E-state index is 5.81. The summed E-state index contributed by atoms with van der Waals surface area (Å²) in [6.45, 7) is 0. The van der Waals surface area contributed by atoms with Crippen molar-refractivity contribution in [1.82, 2.24) is 19.9 Å². The van der Waals surface area contributed by atoms with Crippen molar-refractivity contribution in [3.63, 3.8) is 0 Å². The molecule has 0 radical (unpaired) electrons. The van der Waals surface area contributed by atoms with Gasteiger partial charge in [-0.2, -0.15) is 0 Å². The van der Waals surface area contributed by atoms with Crippen LogP contribution in [0.15, 0.2) is 35.0 Å². The van der Waals surface area contributed by atoms with Crippen molar-refractivity contribution in [1.29, 1.82) is 0 Å². The van der Waals surface area contributed by atoms with Crippen LogP contribution < -0.4 is 0 Å². The Bertz CT molecular complexity index is 389. The van der Waals surface area contributed by atoms with Crippen molar-refractivity contribution < 1.29 is 0 Å². The van der Waals surface area contributed by atoms with E-state index in [1.165, 1.54) is 11.8 Å². The molecular formula is C7H5ClN4S. The minimum Gasteiger partial charge on any atom is -0.339 e. The minimum atomic E-state index is 0.393. The van der Waals surface area contributed by atoms with Crippen molar-refractivity contribution in [2.24, 2.45) is 0 Å². The molecule has 0 saturated heterocycles. The fourth-order valence-corrected chi connectivity index (χ4v) is 1.67. The number of aromatic nitrogens is 4. The maximum atomic E-state index is 5.81. The molecule has 0 unspecified atom stereocenters. The molecule has 2 rings (SSSR count). The van der Waals surface area contributed by atoms with Crippen LogP contribution in [0.25, 0.3) is 0 Å². The first kappa shape index (κ1) is 8.52. The smallest absolute Gasteiger partial charge is 0.171 e. The summed E-state index contributed by atoms with van der Waals surface area (Å²) in [5.41, 5.74) is 0. The molecule has 4 nitrogen and oxygen atoms in total. The van der Waals surface area contributed by atoms with Gasteiger partial charge in [0.25, 0.3) is 0 Å². The van der Waals surface area contributed by atoms with Crippen LogP contribution in [0.1, 0.15) is 0 Å². The molecule has 0 saturated carbocycles. The molecule has 6 heteroatoms. The summed E-state index contributed by atoms with van der Waals surface area (Å²) in [7, 11) is 0. The van der Waals surface area contributed by atoms with Crippen molar-refractivity contribution in [3.8, 4) is 0 Å². The SMILES string of the molecule is Clc1nccnc1Sc1ncc[nH]1. The van der Waals surface area contributed by atoms with E-state index >= 15 is 0 Å². The monoisotopic (exact) mass is 212 g/mol. The van der Waals surface area contributed by atoms with Crippen LogP contribution in [0.2, 0.25) is 5.15 Å². The quantitative estimate of drug-likeness (QED) is 0.828. The van der Waals surface area contributed by atoms with Gasteiger partial charge in [0.1, 0.15) is 5.03 Å². The van der Waals surface area contributed by atoms with Gasteiger partial charge in [-0.25, -0.2) is 15.0 Å². The molecule has 0 amide bonds. The number of rotatable bonds is 2. The van der Waals surface area contributed by atoms with Gasteiger partial charge in [-0.05, 0) is 11.8 Å². The number of halogens is 1. The van der Waals surface area contributed by atoms with Crippen LogP contribution in [-0.2, 0) is 0 Å². The fourth-order valence-electron chi connectivity index (χ4n) is 0.775.